The molecule has 3 heterocycles. The van der Waals surface area contributed by atoms with Gasteiger partial charge in [0.2, 0.25) is 0 Å². The standard InChI is InChI=1S/C27H28FN5O2S2/c1-4-10-32-24(31-14-12-30(13-15-31)20-8-6-19(28)7-9-20)21(18(3)22(17-29)25(32)34)16-23-26(35)33(11-5-2)27(36)37-23/h5-9,16H,2,4,10-15H2,1,3H3. The van der Waals surface area contributed by atoms with Crippen LogP contribution in [-0.2, 0) is 11.3 Å². The summed E-state index contributed by atoms with van der Waals surface area (Å²) >= 11 is 6.61. The van der Waals surface area contributed by atoms with Crippen LogP contribution in [0, 0.1) is 24.1 Å². The van der Waals surface area contributed by atoms with E-state index < -0.39 is 0 Å². The van der Waals surface area contributed by atoms with E-state index in [-0.39, 0.29) is 22.8 Å². The Hall–Kier alpha value is -3.42. The van der Waals surface area contributed by atoms with E-state index in [1.807, 2.05) is 6.92 Å². The highest BCUT2D eigenvalue weighted by Gasteiger charge is 2.33. The van der Waals surface area contributed by atoms with E-state index in [0.29, 0.717) is 71.9 Å². The highest BCUT2D eigenvalue weighted by Crippen LogP contribution is 2.36. The molecule has 2 fully saturated rings. The van der Waals surface area contributed by atoms with Crippen LogP contribution in [-0.4, -0.2) is 52.4 Å². The van der Waals surface area contributed by atoms with E-state index in [1.165, 1.54) is 28.8 Å². The van der Waals surface area contributed by atoms with Gasteiger partial charge in [0.1, 0.15) is 27.6 Å². The van der Waals surface area contributed by atoms with Gasteiger partial charge >= 0.3 is 0 Å². The monoisotopic (exact) mass is 537 g/mol. The van der Waals surface area contributed by atoms with Gasteiger partial charge in [-0.05, 0) is 49.2 Å². The van der Waals surface area contributed by atoms with Crippen molar-refractivity contribution < 1.29 is 9.18 Å². The zero-order valence-corrected chi connectivity index (χ0v) is 22.5. The van der Waals surface area contributed by atoms with Crippen molar-refractivity contribution in [2.24, 2.45) is 0 Å². The van der Waals surface area contributed by atoms with Crippen LogP contribution in [0.15, 0.2) is 46.6 Å². The summed E-state index contributed by atoms with van der Waals surface area (Å²) in [5, 5.41) is 9.82. The second-order valence-corrected chi connectivity index (χ2v) is 10.5. The highest BCUT2D eigenvalue weighted by atomic mass is 32.2. The molecule has 0 aliphatic carbocycles. The number of carbonyl (C=O) groups is 1. The summed E-state index contributed by atoms with van der Waals surface area (Å²) in [5.41, 5.74) is 1.92. The molecule has 0 spiro atoms. The van der Waals surface area contributed by atoms with Gasteiger partial charge in [-0.3, -0.25) is 19.1 Å². The third-order valence-electron chi connectivity index (χ3n) is 6.53. The molecule has 10 heteroatoms. The zero-order chi connectivity index (χ0) is 26.7. The molecule has 1 amide bonds. The number of hydrogen-bond donors (Lipinski definition) is 0. The van der Waals surface area contributed by atoms with E-state index in [0.717, 1.165) is 5.69 Å². The van der Waals surface area contributed by atoms with E-state index in [4.69, 9.17) is 12.2 Å². The molecule has 2 aliphatic heterocycles. The van der Waals surface area contributed by atoms with Gasteiger partial charge in [0.25, 0.3) is 11.5 Å². The summed E-state index contributed by atoms with van der Waals surface area (Å²) in [6, 6.07) is 8.51. The maximum absolute atomic E-state index is 13.4. The van der Waals surface area contributed by atoms with Gasteiger partial charge in [-0.1, -0.05) is 37.0 Å². The number of amides is 1. The third kappa shape index (κ3) is 5.20. The predicted octanol–water partition coefficient (Wildman–Crippen LogP) is 4.29. The summed E-state index contributed by atoms with van der Waals surface area (Å²) in [6.07, 6.45) is 4.10. The molecular formula is C27H28FN5O2S2. The Balaban J connectivity index is 1.78. The molecule has 0 radical (unpaired) electrons. The lowest BCUT2D eigenvalue weighted by atomic mass is 10.0. The van der Waals surface area contributed by atoms with Crippen molar-refractivity contribution in [2.75, 3.05) is 42.5 Å². The number of thiocarbonyl (C=S) groups is 1. The van der Waals surface area contributed by atoms with Crippen LogP contribution in [0.5, 0.6) is 0 Å². The van der Waals surface area contributed by atoms with Crippen LogP contribution in [0.2, 0.25) is 0 Å². The molecule has 2 aliphatic rings. The molecular weight excluding hydrogens is 509 g/mol. The van der Waals surface area contributed by atoms with Gasteiger partial charge in [-0.15, -0.1) is 6.58 Å². The maximum Gasteiger partial charge on any atom is 0.270 e. The lowest BCUT2D eigenvalue weighted by Crippen LogP contribution is -2.48. The van der Waals surface area contributed by atoms with Crippen molar-refractivity contribution in [3.05, 3.63) is 74.7 Å². The molecule has 2 aromatic rings. The Morgan fingerprint density at radius 2 is 1.81 bits per heavy atom. The number of benzene rings is 1. The number of rotatable bonds is 7. The summed E-state index contributed by atoms with van der Waals surface area (Å²) in [6.45, 7) is 10.8. The first-order chi connectivity index (χ1) is 17.8. The molecule has 2 saturated heterocycles. The predicted molar refractivity (Wildman–Crippen MR) is 151 cm³/mol. The van der Waals surface area contributed by atoms with Crippen molar-refractivity contribution in [3.63, 3.8) is 0 Å². The smallest absolute Gasteiger partial charge is 0.270 e. The number of piperazine rings is 1. The average molecular weight is 538 g/mol. The third-order valence-corrected chi connectivity index (χ3v) is 7.90. The SMILES string of the molecule is C=CCN1C(=O)C(=Cc2c(C)c(C#N)c(=O)n(CCC)c2N2CCN(c3ccc(F)cc3)CC2)SC1=S. The minimum Gasteiger partial charge on any atom is -0.368 e. The normalized spacial score (nSPS) is 17.0. The van der Waals surface area contributed by atoms with Gasteiger partial charge in [0, 0.05) is 50.5 Å². The molecule has 37 heavy (non-hydrogen) atoms. The van der Waals surface area contributed by atoms with E-state index >= 15 is 0 Å². The number of thioether (sulfide) groups is 1. The molecule has 1 aromatic carbocycles. The molecule has 0 unspecified atom stereocenters. The fourth-order valence-corrected chi connectivity index (χ4v) is 5.92. The fraction of sp³-hybridized carbons (Fsp3) is 0.333. The van der Waals surface area contributed by atoms with Crippen LogP contribution in [0.3, 0.4) is 0 Å². The van der Waals surface area contributed by atoms with Crippen LogP contribution < -0.4 is 15.4 Å². The molecule has 192 valence electrons. The first kappa shape index (κ1) is 26.6. The summed E-state index contributed by atoms with van der Waals surface area (Å²) in [4.78, 5) is 32.7. The van der Waals surface area contributed by atoms with Crippen molar-refractivity contribution in [3.8, 4) is 6.07 Å². The van der Waals surface area contributed by atoms with Crippen molar-refractivity contribution >= 4 is 51.8 Å². The first-order valence-corrected chi connectivity index (χ1v) is 13.3. The number of aromatic nitrogens is 1. The Kier molecular flexibility index (Phi) is 8.15. The van der Waals surface area contributed by atoms with E-state index in [2.05, 4.69) is 22.4 Å². The number of nitrogens with zero attached hydrogens (tertiary/aromatic N) is 5. The summed E-state index contributed by atoms with van der Waals surface area (Å²) in [7, 11) is 0. The average Bonchev–Trinajstić information content (AvgIpc) is 3.15. The fourth-order valence-electron chi connectivity index (χ4n) is 4.66. The molecule has 0 atom stereocenters. The minimum atomic E-state index is -0.325. The van der Waals surface area contributed by atoms with Crippen LogP contribution in [0.4, 0.5) is 15.9 Å². The van der Waals surface area contributed by atoms with Crippen LogP contribution >= 0.6 is 24.0 Å². The zero-order valence-electron chi connectivity index (χ0n) is 20.9. The topological polar surface area (TPSA) is 72.6 Å². The number of anilines is 2. The van der Waals surface area contributed by atoms with Gasteiger partial charge in [-0.2, -0.15) is 5.26 Å². The number of nitriles is 1. The lowest BCUT2D eigenvalue weighted by molar-refractivity contribution is -0.121. The number of carbonyl (C=O) groups excluding carboxylic acids is 1. The summed E-state index contributed by atoms with van der Waals surface area (Å²) in [5.74, 6) is 0.214. The molecule has 0 saturated carbocycles. The quantitative estimate of drug-likeness (QED) is 0.296. The van der Waals surface area contributed by atoms with E-state index in [9.17, 15) is 19.2 Å². The van der Waals surface area contributed by atoms with Gasteiger partial charge in [0.15, 0.2) is 0 Å². The van der Waals surface area contributed by atoms with Crippen molar-refractivity contribution in [1.82, 2.24) is 9.47 Å². The molecule has 1 aromatic heterocycles. The number of halogens is 1. The Bertz CT molecular complexity index is 1370. The van der Waals surface area contributed by atoms with Gasteiger partial charge < -0.3 is 9.80 Å². The largest absolute Gasteiger partial charge is 0.368 e. The minimum absolute atomic E-state index is 0.0787. The second kappa shape index (κ2) is 11.3. The lowest BCUT2D eigenvalue weighted by Gasteiger charge is -2.39. The maximum atomic E-state index is 13.4. The van der Waals surface area contributed by atoms with Crippen molar-refractivity contribution in [1.29, 1.82) is 5.26 Å². The molecule has 7 nitrogen and oxygen atoms in total. The summed E-state index contributed by atoms with van der Waals surface area (Å²) < 4.78 is 15.5. The Labute approximate surface area is 225 Å². The number of pyridine rings is 1. The Morgan fingerprint density at radius 3 is 2.41 bits per heavy atom. The van der Waals surface area contributed by atoms with Crippen molar-refractivity contribution in [2.45, 2.75) is 26.8 Å². The second-order valence-electron chi connectivity index (χ2n) is 8.84. The van der Waals surface area contributed by atoms with Crippen LogP contribution in [0.25, 0.3) is 6.08 Å². The van der Waals surface area contributed by atoms with Gasteiger partial charge in [-0.25, -0.2) is 4.39 Å². The van der Waals surface area contributed by atoms with Crippen LogP contribution in [0.1, 0.15) is 30.0 Å². The molecule has 0 bridgehead atoms. The number of hydrogen-bond acceptors (Lipinski definition) is 7. The van der Waals surface area contributed by atoms with Gasteiger partial charge in [0.05, 0.1) is 4.91 Å². The first-order valence-electron chi connectivity index (χ1n) is 12.1. The Morgan fingerprint density at radius 1 is 1.16 bits per heavy atom. The highest BCUT2D eigenvalue weighted by molar-refractivity contribution is 8.26. The molecule has 0 N–H and O–H groups in total. The molecule has 4 rings (SSSR count). The van der Waals surface area contributed by atoms with E-state index in [1.54, 1.807) is 35.8 Å².